The average Bonchev–Trinajstić information content (AvgIpc) is 2.41. The summed E-state index contributed by atoms with van der Waals surface area (Å²) in [6, 6.07) is 10.1. The summed E-state index contributed by atoms with van der Waals surface area (Å²) in [6.45, 7) is 0. The van der Waals surface area contributed by atoms with E-state index in [0.29, 0.717) is 10.6 Å². The Morgan fingerprint density at radius 3 is 2.55 bits per heavy atom. The summed E-state index contributed by atoms with van der Waals surface area (Å²) >= 11 is 11.7. The van der Waals surface area contributed by atoms with E-state index in [-0.39, 0.29) is 16.4 Å². The lowest BCUT2D eigenvalue weighted by atomic mass is 10.2. The SMILES string of the molecule is O=C(Nc1cc([N+](=O)[O-])ccc1Cl)c1cccc(Cl)c1. The van der Waals surface area contributed by atoms with Gasteiger partial charge in [0.1, 0.15) is 0 Å². The second-order valence-electron chi connectivity index (χ2n) is 3.89. The number of nitro benzene ring substituents is 1. The molecule has 0 radical (unpaired) electrons. The highest BCUT2D eigenvalue weighted by atomic mass is 35.5. The van der Waals surface area contributed by atoms with Crippen LogP contribution >= 0.6 is 23.2 Å². The Morgan fingerprint density at radius 2 is 1.90 bits per heavy atom. The van der Waals surface area contributed by atoms with Crippen LogP contribution in [0.5, 0.6) is 0 Å². The van der Waals surface area contributed by atoms with Crippen LogP contribution in [0.2, 0.25) is 10.0 Å². The van der Waals surface area contributed by atoms with Crippen LogP contribution in [-0.2, 0) is 0 Å². The van der Waals surface area contributed by atoms with Gasteiger partial charge < -0.3 is 5.32 Å². The highest BCUT2D eigenvalue weighted by molar-refractivity contribution is 6.34. The molecule has 0 fully saturated rings. The molecule has 1 N–H and O–H groups in total. The standard InChI is InChI=1S/C13H8Cl2N2O3/c14-9-3-1-2-8(6-9)13(18)16-12-7-10(17(19)20)4-5-11(12)15/h1-7H,(H,16,18). The number of anilines is 1. The van der Waals surface area contributed by atoms with E-state index >= 15 is 0 Å². The van der Waals surface area contributed by atoms with Crippen molar-refractivity contribution in [2.45, 2.75) is 0 Å². The van der Waals surface area contributed by atoms with Crippen molar-refractivity contribution >= 4 is 40.5 Å². The van der Waals surface area contributed by atoms with Crippen LogP contribution in [0.3, 0.4) is 0 Å². The van der Waals surface area contributed by atoms with Gasteiger partial charge >= 0.3 is 0 Å². The van der Waals surface area contributed by atoms with E-state index in [1.165, 1.54) is 24.3 Å². The lowest BCUT2D eigenvalue weighted by Crippen LogP contribution is -2.12. The normalized spacial score (nSPS) is 10.1. The number of amides is 1. The van der Waals surface area contributed by atoms with Crippen LogP contribution in [0.1, 0.15) is 10.4 Å². The van der Waals surface area contributed by atoms with E-state index in [4.69, 9.17) is 23.2 Å². The maximum absolute atomic E-state index is 12.0. The molecule has 0 saturated carbocycles. The summed E-state index contributed by atoms with van der Waals surface area (Å²) in [4.78, 5) is 22.1. The first kappa shape index (κ1) is 14.3. The number of carbonyl (C=O) groups excluding carboxylic acids is 1. The van der Waals surface area contributed by atoms with Gasteiger partial charge in [-0.25, -0.2) is 0 Å². The number of rotatable bonds is 3. The molecule has 0 atom stereocenters. The zero-order valence-electron chi connectivity index (χ0n) is 9.97. The number of non-ortho nitro benzene ring substituents is 1. The van der Waals surface area contributed by atoms with Gasteiger partial charge in [0.15, 0.2) is 0 Å². The molecule has 5 nitrogen and oxygen atoms in total. The van der Waals surface area contributed by atoms with Crippen LogP contribution in [0.15, 0.2) is 42.5 Å². The Hall–Kier alpha value is -2.11. The summed E-state index contributed by atoms with van der Waals surface area (Å²) < 4.78 is 0. The molecule has 2 aromatic carbocycles. The minimum Gasteiger partial charge on any atom is -0.320 e. The van der Waals surface area contributed by atoms with Crippen LogP contribution in [0, 0.1) is 10.1 Å². The molecular formula is C13H8Cl2N2O3. The Bertz CT molecular complexity index is 689. The van der Waals surface area contributed by atoms with Gasteiger partial charge in [0.05, 0.1) is 15.6 Å². The fraction of sp³-hybridized carbons (Fsp3) is 0. The maximum Gasteiger partial charge on any atom is 0.271 e. The lowest BCUT2D eigenvalue weighted by Gasteiger charge is -2.07. The summed E-state index contributed by atoms with van der Waals surface area (Å²) in [7, 11) is 0. The maximum atomic E-state index is 12.0. The van der Waals surface area contributed by atoms with Gasteiger partial charge in [-0.05, 0) is 24.3 Å². The van der Waals surface area contributed by atoms with Crippen LogP contribution in [0.25, 0.3) is 0 Å². The van der Waals surface area contributed by atoms with Crippen molar-refractivity contribution in [3.8, 4) is 0 Å². The number of hydrogen-bond acceptors (Lipinski definition) is 3. The molecule has 0 aliphatic carbocycles. The van der Waals surface area contributed by atoms with Crippen molar-refractivity contribution in [2.24, 2.45) is 0 Å². The van der Waals surface area contributed by atoms with Crippen molar-refractivity contribution < 1.29 is 9.72 Å². The molecule has 102 valence electrons. The monoisotopic (exact) mass is 310 g/mol. The minimum atomic E-state index is -0.564. The molecule has 2 rings (SSSR count). The molecular weight excluding hydrogens is 303 g/mol. The first-order valence-electron chi connectivity index (χ1n) is 5.48. The number of benzene rings is 2. The molecule has 1 amide bonds. The molecule has 2 aromatic rings. The van der Waals surface area contributed by atoms with Crippen molar-refractivity contribution in [1.82, 2.24) is 0 Å². The van der Waals surface area contributed by atoms with Crippen LogP contribution < -0.4 is 5.32 Å². The van der Waals surface area contributed by atoms with Gasteiger partial charge in [-0.2, -0.15) is 0 Å². The number of carbonyl (C=O) groups is 1. The third kappa shape index (κ3) is 3.26. The van der Waals surface area contributed by atoms with Crippen molar-refractivity contribution in [2.75, 3.05) is 5.32 Å². The predicted molar refractivity (Wildman–Crippen MR) is 77.5 cm³/mol. The fourth-order valence-electron chi connectivity index (χ4n) is 1.55. The molecule has 0 aromatic heterocycles. The third-order valence-electron chi connectivity index (χ3n) is 2.50. The number of nitrogens with one attached hydrogen (secondary N) is 1. The van der Waals surface area contributed by atoms with Crippen LogP contribution in [-0.4, -0.2) is 10.8 Å². The van der Waals surface area contributed by atoms with Gasteiger partial charge in [0.25, 0.3) is 11.6 Å². The third-order valence-corrected chi connectivity index (χ3v) is 3.06. The Morgan fingerprint density at radius 1 is 1.15 bits per heavy atom. The molecule has 0 bridgehead atoms. The molecule has 0 spiro atoms. The summed E-state index contributed by atoms with van der Waals surface area (Å²) in [5, 5.41) is 13.8. The number of nitrogens with zero attached hydrogens (tertiary/aromatic N) is 1. The number of hydrogen-bond donors (Lipinski definition) is 1. The fourth-order valence-corrected chi connectivity index (χ4v) is 1.90. The molecule has 0 unspecified atom stereocenters. The molecule has 0 aliphatic heterocycles. The summed E-state index contributed by atoms with van der Waals surface area (Å²) in [5.41, 5.74) is 0.349. The second-order valence-corrected chi connectivity index (χ2v) is 4.73. The summed E-state index contributed by atoms with van der Waals surface area (Å²) in [5.74, 6) is -0.449. The highest BCUT2D eigenvalue weighted by Gasteiger charge is 2.13. The highest BCUT2D eigenvalue weighted by Crippen LogP contribution is 2.27. The van der Waals surface area contributed by atoms with E-state index in [2.05, 4.69) is 5.32 Å². The van der Waals surface area contributed by atoms with Crippen LogP contribution in [0.4, 0.5) is 11.4 Å². The quantitative estimate of drug-likeness (QED) is 0.683. The van der Waals surface area contributed by atoms with Crippen molar-refractivity contribution in [3.05, 3.63) is 68.2 Å². The largest absolute Gasteiger partial charge is 0.320 e. The first-order valence-corrected chi connectivity index (χ1v) is 6.24. The van der Waals surface area contributed by atoms with E-state index in [1.807, 2.05) is 0 Å². The Labute approximate surface area is 124 Å². The molecule has 0 aliphatic rings. The molecule has 7 heteroatoms. The van der Waals surface area contributed by atoms with E-state index in [1.54, 1.807) is 18.2 Å². The van der Waals surface area contributed by atoms with Gasteiger partial charge in [-0.15, -0.1) is 0 Å². The zero-order chi connectivity index (χ0) is 14.7. The van der Waals surface area contributed by atoms with Gasteiger partial charge in [-0.3, -0.25) is 14.9 Å². The zero-order valence-corrected chi connectivity index (χ0v) is 11.5. The van der Waals surface area contributed by atoms with Gasteiger partial charge in [0, 0.05) is 22.7 Å². The van der Waals surface area contributed by atoms with Crippen molar-refractivity contribution in [1.29, 1.82) is 0 Å². The Kier molecular flexibility index (Phi) is 4.22. The predicted octanol–water partition coefficient (Wildman–Crippen LogP) is 4.15. The molecule has 20 heavy (non-hydrogen) atoms. The topological polar surface area (TPSA) is 72.2 Å². The average molecular weight is 311 g/mol. The number of nitro groups is 1. The number of halogens is 2. The van der Waals surface area contributed by atoms with E-state index < -0.39 is 10.8 Å². The van der Waals surface area contributed by atoms with Crippen molar-refractivity contribution in [3.63, 3.8) is 0 Å². The van der Waals surface area contributed by atoms with E-state index in [0.717, 1.165) is 0 Å². The van der Waals surface area contributed by atoms with E-state index in [9.17, 15) is 14.9 Å². The lowest BCUT2D eigenvalue weighted by molar-refractivity contribution is -0.384. The van der Waals surface area contributed by atoms with Gasteiger partial charge in [-0.1, -0.05) is 29.3 Å². The van der Waals surface area contributed by atoms with Gasteiger partial charge in [0.2, 0.25) is 0 Å². The minimum absolute atomic E-state index is 0.157. The molecule has 0 saturated heterocycles. The first-order chi connectivity index (χ1) is 9.47. The molecule has 0 heterocycles. The smallest absolute Gasteiger partial charge is 0.271 e. The summed E-state index contributed by atoms with van der Waals surface area (Å²) in [6.07, 6.45) is 0. The Balaban J connectivity index is 2.27. The second kappa shape index (κ2) is 5.90.